The molecule has 0 aromatic heterocycles. The minimum atomic E-state index is -0.549. The molecule has 2 N–H and O–H groups in total. The smallest absolute Gasteiger partial charge is 0.308 e. The van der Waals surface area contributed by atoms with Crippen LogP contribution in [0.15, 0.2) is 66.2 Å². The highest BCUT2D eigenvalue weighted by molar-refractivity contribution is 6.09. The summed E-state index contributed by atoms with van der Waals surface area (Å²) in [5.74, 6) is -0.424. The molecule has 0 aliphatic rings. The number of hydrogen-bond acceptors (Lipinski definition) is 2. The van der Waals surface area contributed by atoms with Gasteiger partial charge in [0.25, 0.3) is 5.91 Å². The van der Waals surface area contributed by atoms with E-state index in [2.05, 4.69) is 10.6 Å². The average molecular weight is 280 g/mol. The minimum Gasteiger partial charge on any atom is -0.308 e. The number of benzene rings is 2. The lowest BCUT2D eigenvalue weighted by atomic mass is 10.1. The van der Waals surface area contributed by atoms with Crippen LogP contribution in [0.3, 0.4) is 0 Å². The molecular weight excluding hydrogens is 264 g/mol. The first-order valence-corrected chi connectivity index (χ1v) is 6.56. The Balaban J connectivity index is 1.95. The number of hydrogen-bond donors (Lipinski definition) is 2. The third-order valence-electron chi connectivity index (χ3n) is 2.80. The van der Waals surface area contributed by atoms with Crippen LogP contribution in [0, 0.1) is 0 Å². The van der Waals surface area contributed by atoms with E-state index >= 15 is 0 Å². The van der Waals surface area contributed by atoms with E-state index in [4.69, 9.17) is 0 Å². The van der Waals surface area contributed by atoms with E-state index < -0.39 is 11.9 Å². The minimum absolute atomic E-state index is 0.424. The topological polar surface area (TPSA) is 58.2 Å². The fourth-order valence-corrected chi connectivity index (χ4v) is 1.75. The van der Waals surface area contributed by atoms with Crippen molar-refractivity contribution in [3.05, 3.63) is 71.8 Å². The van der Waals surface area contributed by atoms with Crippen LogP contribution < -0.4 is 10.6 Å². The van der Waals surface area contributed by atoms with Crippen molar-refractivity contribution in [2.75, 3.05) is 5.32 Å². The van der Waals surface area contributed by atoms with Gasteiger partial charge in [-0.3, -0.25) is 10.1 Å². The third kappa shape index (κ3) is 4.62. The second-order valence-corrected chi connectivity index (χ2v) is 4.51. The summed E-state index contributed by atoms with van der Waals surface area (Å²) in [5.41, 5.74) is 2.01. The predicted molar refractivity (Wildman–Crippen MR) is 83.7 cm³/mol. The maximum Gasteiger partial charge on any atom is 0.326 e. The van der Waals surface area contributed by atoms with Gasteiger partial charge < -0.3 is 5.32 Å². The normalized spacial score (nSPS) is 10.8. The number of rotatable bonds is 3. The zero-order chi connectivity index (χ0) is 15.1. The van der Waals surface area contributed by atoms with Gasteiger partial charge >= 0.3 is 6.03 Å². The Bertz CT molecular complexity index is 649. The molecule has 0 radical (unpaired) electrons. The molecule has 2 aromatic rings. The van der Waals surface area contributed by atoms with Gasteiger partial charge in [-0.15, -0.1) is 0 Å². The lowest BCUT2D eigenvalue weighted by Gasteiger charge is -2.06. The van der Waals surface area contributed by atoms with E-state index in [1.807, 2.05) is 36.4 Å². The number of carbonyl (C=O) groups excluding carboxylic acids is 2. The average Bonchev–Trinajstić information content (AvgIpc) is 2.49. The molecule has 0 spiro atoms. The highest BCUT2D eigenvalue weighted by atomic mass is 16.2. The first kappa shape index (κ1) is 14.5. The summed E-state index contributed by atoms with van der Waals surface area (Å²) in [5, 5.41) is 4.88. The number of carbonyl (C=O) groups is 2. The molecule has 2 aromatic carbocycles. The van der Waals surface area contributed by atoms with E-state index in [1.54, 1.807) is 37.3 Å². The molecule has 0 fully saturated rings. The number of para-hydroxylation sites is 1. The first-order valence-electron chi connectivity index (χ1n) is 6.56. The molecule has 0 aliphatic carbocycles. The molecule has 106 valence electrons. The van der Waals surface area contributed by atoms with Crippen LogP contribution in [0.4, 0.5) is 10.5 Å². The number of nitrogens with one attached hydrogen (secondary N) is 2. The van der Waals surface area contributed by atoms with Gasteiger partial charge in [0, 0.05) is 11.3 Å². The lowest BCUT2D eigenvalue weighted by molar-refractivity contribution is -0.116. The Morgan fingerprint density at radius 2 is 1.48 bits per heavy atom. The van der Waals surface area contributed by atoms with Crippen LogP contribution in [0.25, 0.3) is 6.08 Å². The molecule has 0 unspecified atom stereocenters. The van der Waals surface area contributed by atoms with Gasteiger partial charge in [-0.1, -0.05) is 48.5 Å². The van der Waals surface area contributed by atoms with Gasteiger partial charge in [-0.05, 0) is 30.7 Å². The summed E-state index contributed by atoms with van der Waals surface area (Å²) in [6.45, 7) is 1.66. The molecule has 0 saturated carbocycles. The van der Waals surface area contributed by atoms with Crippen LogP contribution in [0.5, 0.6) is 0 Å². The molecular formula is C17H16N2O2. The molecule has 0 saturated heterocycles. The standard InChI is InChI=1S/C17H16N2O2/c1-13(12-14-8-4-2-5-9-14)16(20)19-17(21)18-15-10-6-3-7-11-15/h2-12H,1H3,(H2,18,19,20,21). The zero-order valence-electron chi connectivity index (χ0n) is 11.7. The number of amides is 3. The fraction of sp³-hybridized carbons (Fsp3) is 0.0588. The summed E-state index contributed by atoms with van der Waals surface area (Å²) in [4.78, 5) is 23.6. The number of anilines is 1. The second kappa shape index (κ2) is 7.05. The molecule has 0 aliphatic heterocycles. The van der Waals surface area contributed by atoms with Crippen molar-refractivity contribution in [2.45, 2.75) is 6.92 Å². The summed E-state index contributed by atoms with van der Waals surface area (Å²) in [6, 6.07) is 17.9. The van der Waals surface area contributed by atoms with Crippen molar-refractivity contribution in [3.63, 3.8) is 0 Å². The Morgan fingerprint density at radius 1 is 0.905 bits per heavy atom. The monoisotopic (exact) mass is 280 g/mol. The third-order valence-corrected chi connectivity index (χ3v) is 2.80. The first-order chi connectivity index (χ1) is 10.1. The van der Waals surface area contributed by atoms with E-state index in [-0.39, 0.29) is 0 Å². The van der Waals surface area contributed by atoms with Crippen LogP contribution in [-0.2, 0) is 4.79 Å². The fourth-order valence-electron chi connectivity index (χ4n) is 1.75. The van der Waals surface area contributed by atoms with Gasteiger partial charge in [0.1, 0.15) is 0 Å². The molecule has 4 nitrogen and oxygen atoms in total. The van der Waals surface area contributed by atoms with Crippen LogP contribution >= 0.6 is 0 Å². The maximum atomic E-state index is 11.9. The van der Waals surface area contributed by atoms with Crippen molar-refractivity contribution in [2.24, 2.45) is 0 Å². The Labute approximate surface area is 123 Å². The van der Waals surface area contributed by atoms with Gasteiger partial charge in [0.15, 0.2) is 0 Å². The van der Waals surface area contributed by atoms with Gasteiger partial charge in [-0.2, -0.15) is 0 Å². The van der Waals surface area contributed by atoms with Gasteiger partial charge in [-0.25, -0.2) is 4.79 Å². The molecule has 0 heterocycles. The van der Waals surface area contributed by atoms with E-state index in [1.165, 1.54) is 0 Å². The quantitative estimate of drug-likeness (QED) is 0.846. The van der Waals surface area contributed by atoms with Crippen molar-refractivity contribution in [3.8, 4) is 0 Å². The van der Waals surface area contributed by atoms with Gasteiger partial charge in [0.2, 0.25) is 0 Å². The van der Waals surface area contributed by atoms with Crippen LogP contribution in [-0.4, -0.2) is 11.9 Å². The van der Waals surface area contributed by atoms with Crippen LogP contribution in [0.2, 0.25) is 0 Å². The maximum absolute atomic E-state index is 11.9. The second-order valence-electron chi connectivity index (χ2n) is 4.51. The van der Waals surface area contributed by atoms with Crippen molar-refractivity contribution in [1.29, 1.82) is 0 Å². The largest absolute Gasteiger partial charge is 0.326 e. The Morgan fingerprint density at radius 3 is 2.10 bits per heavy atom. The zero-order valence-corrected chi connectivity index (χ0v) is 11.7. The highest BCUT2D eigenvalue weighted by Gasteiger charge is 2.09. The predicted octanol–water partition coefficient (Wildman–Crippen LogP) is 3.44. The van der Waals surface area contributed by atoms with Crippen molar-refractivity contribution >= 4 is 23.7 Å². The van der Waals surface area contributed by atoms with E-state index in [0.717, 1.165) is 5.56 Å². The van der Waals surface area contributed by atoms with Gasteiger partial charge in [0.05, 0.1) is 0 Å². The molecule has 21 heavy (non-hydrogen) atoms. The van der Waals surface area contributed by atoms with E-state index in [9.17, 15) is 9.59 Å². The number of imide groups is 1. The summed E-state index contributed by atoms with van der Waals surface area (Å²) in [6.07, 6.45) is 1.73. The highest BCUT2D eigenvalue weighted by Crippen LogP contribution is 2.07. The summed E-state index contributed by atoms with van der Waals surface area (Å²) >= 11 is 0. The molecule has 0 atom stereocenters. The lowest BCUT2D eigenvalue weighted by Crippen LogP contribution is -2.34. The SMILES string of the molecule is CC(=Cc1ccccc1)C(=O)NC(=O)Nc1ccccc1. The van der Waals surface area contributed by atoms with Crippen molar-refractivity contribution in [1.82, 2.24) is 5.32 Å². The molecule has 0 bridgehead atoms. The summed E-state index contributed by atoms with van der Waals surface area (Å²) in [7, 11) is 0. The van der Waals surface area contributed by atoms with Crippen molar-refractivity contribution < 1.29 is 9.59 Å². The Kier molecular flexibility index (Phi) is 4.88. The summed E-state index contributed by atoms with van der Waals surface area (Å²) < 4.78 is 0. The van der Waals surface area contributed by atoms with E-state index in [0.29, 0.717) is 11.3 Å². The molecule has 4 heteroatoms. The molecule has 3 amide bonds. The number of urea groups is 1. The van der Waals surface area contributed by atoms with Crippen LogP contribution in [0.1, 0.15) is 12.5 Å². The Hall–Kier alpha value is -2.88. The molecule has 2 rings (SSSR count).